The molecule has 0 aromatic carbocycles. The largest absolute Gasteiger partial charge is 0.364 e. The minimum atomic E-state index is -0.739. The molecule has 1 aliphatic rings. The Labute approximate surface area is 98.0 Å². The molecule has 1 aliphatic heterocycles. The number of aromatic nitrogens is 2. The highest BCUT2D eigenvalue weighted by Gasteiger charge is 2.24. The van der Waals surface area contributed by atoms with Gasteiger partial charge < -0.3 is 16.0 Å². The van der Waals surface area contributed by atoms with Crippen molar-refractivity contribution < 1.29 is 9.59 Å². The van der Waals surface area contributed by atoms with Gasteiger partial charge in [-0.05, 0) is 0 Å². The molecule has 3 N–H and O–H groups in total. The summed E-state index contributed by atoms with van der Waals surface area (Å²) in [5.41, 5.74) is 5.11. The molecule has 1 aromatic rings. The summed E-state index contributed by atoms with van der Waals surface area (Å²) in [6.07, 6.45) is 2.72. The van der Waals surface area contributed by atoms with E-state index >= 15 is 0 Å². The van der Waals surface area contributed by atoms with Gasteiger partial charge in [-0.25, -0.2) is 9.97 Å². The van der Waals surface area contributed by atoms with Gasteiger partial charge in [0.1, 0.15) is 0 Å². The van der Waals surface area contributed by atoms with Crippen LogP contribution in [0.5, 0.6) is 0 Å². The third-order valence-electron chi connectivity index (χ3n) is 2.54. The Morgan fingerprint density at radius 1 is 1.18 bits per heavy atom. The summed E-state index contributed by atoms with van der Waals surface area (Å²) in [5, 5.41) is 3.14. The fourth-order valence-corrected chi connectivity index (χ4v) is 1.69. The SMILES string of the molecule is NC(=O)c1nccnc1C(=O)N1CCNCC1. The highest BCUT2D eigenvalue weighted by atomic mass is 16.2. The van der Waals surface area contributed by atoms with Gasteiger partial charge >= 0.3 is 0 Å². The van der Waals surface area contributed by atoms with Crippen molar-refractivity contribution in [2.45, 2.75) is 0 Å². The molecule has 1 aromatic heterocycles. The number of primary amides is 1. The molecule has 0 atom stereocenters. The summed E-state index contributed by atoms with van der Waals surface area (Å²) in [5.74, 6) is -1.04. The number of nitrogens with one attached hydrogen (secondary N) is 1. The van der Waals surface area contributed by atoms with Gasteiger partial charge in [0.2, 0.25) is 0 Å². The average molecular weight is 235 g/mol. The lowest BCUT2D eigenvalue weighted by molar-refractivity contribution is 0.0724. The Hall–Kier alpha value is -2.02. The Morgan fingerprint density at radius 2 is 1.76 bits per heavy atom. The third-order valence-corrected chi connectivity index (χ3v) is 2.54. The van der Waals surface area contributed by atoms with E-state index in [2.05, 4.69) is 15.3 Å². The summed E-state index contributed by atoms with van der Waals surface area (Å²) in [4.78, 5) is 32.6. The van der Waals surface area contributed by atoms with Crippen LogP contribution < -0.4 is 11.1 Å². The van der Waals surface area contributed by atoms with E-state index in [0.717, 1.165) is 13.1 Å². The molecule has 0 saturated carbocycles. The van der Waals surface area contributed by atoms with E-state index in [4.69, 9.17) is 5.73 Å². The van der Waals surface area contributed by atoms with Crippen LogP contribution in [0.25, 0.3) is 0 Å². The van der Waals surface area contributed by atoms with E-state index in [1.54, 1.807) is 4.90 Å². The first-order valence-electron chi connectivity index (χ1n) is 5.31. The first kappa shape index (κ1) is 11.5. The number of carbonyl (C=O) groups excluding carboxylic acids is 2. The topological polar surface area (TPSA) is 101 Å². The highest BCUT2D eigenvalue weighted by molar-refractivity contribution is 6.03. The van der Waals surface area contributed by atoms with Crippen molar-refractivity contribution in [2.75, 3.05) is 26.2 Å². The zero-order valence-corrected chi connectivity index (χ0v) is 9.22. The molecule has 17 heavy (non-hydrogen) atoms. The first-order chi connectivity index (χ1) is 8.20. The number of rotatable bonds is 2. The van der Waals surface area contributed by atoms with Crippen molar-refractivity contribution in [1.29, 1.82) is 0 Å². The molecule has 0 bridgehead atoms. The predicted octanol–water partition coefficient (Wildman–Crippen LogP) is -1.38. The maximum absolute atomic E-state index is 12.1. The minimum Gasteiger partial charge on any atom is -0.364 e. The normalized spacial score (nSPS) is 15.6. The Balaban J connectivity index is 2.26. The van der Waals surface area contributed by atoms with Crippen LogP contribution in [-0.4, -0.2) is 52.9 Å². The number of nitrogens with two attached hydrogens (primary N) is 1. The molecular formula is C10H13N5O2. The summed E-state index contributed by atoms with van der Waals surface area (Å²) >= 11 is 0. The van der Waals surface area contributed by atoms with Crippen molar-refractivity contribution in [3.8, 4) is 0 Å². The van der Waals surface area contributed by atoms with Crippen LogP contribution in [0.2, 0.25) is 0 Å². The van der Waals surface area contributed by atoms with Crippen LogP contribution in [0.15, 0.2) is 12.4 Å². The second-order valence-corrected chi connectivity index (χ2v) is 3.66. The van der Waals surface area contributed by atoms with Gasteiger partial charge in [-0.15, -0.1) is 0 Å². The molecular weight excluding hydrogens is 222 g/mol. The first-order valence-corrected chi connectivity index (χ1v) is 5.31. The minimum absolute atomic E-state index is 0.0295. The maximum Gasteiger partial charge on any atom is 0.275 e. The van der Waals surface area contributed by atoms with Gasteiger partial charge in [0, 0.05) is 38.6 Å². The predicted molar refractivity (Wildman–Crippen MR) is 59.3 cm³/mol. The van der Waals surface area contributed by atoms with Crippen LogP contribution in [0.4, 0.5) is 0 Å². The zero-order valence-electron chi connectivity index (χ0n) is 9.22. The number of piperazine rings is 1. The molecule has 1 saturated heterocycles. The third kappa shape index (κ3) is 2.39. The van der Waals surface area contributed by atoms with Crippen molar-refractivity contribution in [3.63, 3.8) is 0 Å². The molecule has 7 nitrogen and oxygen atoms in total. The van der Waals surface area contributed by atoms with Crippen molar-refractivity contribution in [3.05, 3.63) is 23.8 Å². The van der Waals surface area contributed by atoms with Gasteiger partial charge in [-0.1, -0.05) is 0 Å². The molecule has 0 radical (unpaired) electrons. The van der Waals surface area contributed by atoms with Gasteiger partial charge in [0.25, 0.3) is 11.8 Å². The number of hydrogen-bond donors (Lipinski definition) is 2. The average Bonchev–Trinajstić information content (AvgIpc) is 2.39. The fraction of sp³-hybridized carbons (Fsp3) is 0.400. The van der Waals surface area contributed by atoms with Gasteiger partial charge in [-0.3, -0.25) is 9.59 Å². The summed E-state index contributed by atoms with van der Waals surface area (Å²) < 4.78 is 0. The summed E-state index contributed by atoms with van der Waals surface area (Å²) in [6.45, 7) is 2.65. The van der Waals surface area contributed by atoms with Gasteiger partial charge in [0.05, 0.1) is 0 Å². The molecule has 90 valence electrons. The molecule has 2 amide bonds. The molecule has 0 unspecified atom stereocenters. The standard InChI is InChI=1S/C10H13N5O2/c11-9(16)7-8(14-2-1-13-7)10(17)15-5-3-12-4-6-15/h1-2,12H,3-6H2,(H2,11,16). The monoisotopic (exact) mass is 235 g/mol. The zero-order chi connectivity index (χ0) is 12.3. The van der Waals surface area contributed by atoms with Gasteiger partial charge in [0.15, 0.2) is 11.4 Å². The Bertz CT molecular complexity index is 442. The van der Waals surface area contributed by atoms with E-state index in [0.29, 0.717) is 13.1 Å². The quantitative estimate of drug-likeness (QED) is 0.658. The lowest BCUT2D eigenvalue weighted by Gasteiger charge is -2.27. The maximum atomic E-state index is 12.1. The van der Waals surface area contributed by atoms with E-state index in [1.807, 2.05) is 0 Å². The molecule has 1 fully saturated rings. The van der Waals surface area contributed by atoms with E-state index in [-0.39, 0.29) is 17.3 Å². The lowest BCUT2D eigenvalue weighted by atomic mass is 10.2. The van der Waals surface area contributed by atoms with E-state index in [1.165, 1.54) is 12.4 Å². The fourth-order valence-electron chi connectivity index (χ4n) is 1.69. The van der Waals surface area contributed by atoms with E-state index in [9.17, 15) is 9.59 Å². The van der Waals surface area contributed by atoms with Crippen LogP contribution in [-0.2, 0) is 0 Å². The van der Waals surface area contributed by atoms with Crippen LogP contribution in [0.1, 0.15) is 21.0 Å². The number of nitrogens with zero attached hydrogens (tertiary/aromatic N) is 3. The van der Waals surface area contributed by atoms with Crippen molar-refractivity contribution >= 4 is 11.8 Å². The summed E-state index contributed by atoms with van der Waals surface area (Å²) in [7, 11) is 0. The smallest absolute Gasteiger partial charge is 0.275 e. The van der Waals surface area contributed by atoms with Gasteiger partial charge in [-0.2, -0.15) is 0 Å². The number of carbonyl (C=O) groups is 2. The molecule has 7 heteroatoms. The second kappa shape index (κ2) is 4.88. The summed E-state index contributed by atoms with van der Waals surface area (Å²) in [6, 6.07) is 0. The number of amides is 2. The second-order valence-electron chi connectivity index (χ2n) is 3.66. The van der Waals surface area contributed by atoms with Crippen molar-refractivity contribution in [1.82, 2.24) is 20.2 Å². The van der Waals surface area contributed by atoms with Crippen LogP contribution >= 0.6 is 0 Å². The van der Waals surface area contributed by atoms with Crippen LogP contribution in [0, 0.1) is 0 Å². The van der Waals surface area contributed by atoms with E-state index < -0.39 is 5.91 Å². The molecule has 0 aliphatic carbocycles. The molecule has 0 spiro atoms. The Kier molecular flexibility index (Phi) is 3.29. The highest BCUT2D eigenvalue weighted by Crippen LogP contribution is 2.06. The molecule has 2 rings (SSSR count). The number of hydrogen-bond acceptors (Lipinski definition) is 5. The van der Waals surface area contributed by atoms with Crippen molar-refractivity contribution in [2.24, 2.45) is 5.73 Å². The van der Waals surface area contributed by atoms with Crippen LogP contribution in [0.3, 0.4) is 0 Å². The Morgan fingerprint density at radius 3 is 2.35 bits per heavy atom. The molecule has 2 heterocycles. The lowest BCUT2D eigenvalue weighted by Crippen LogP contribution is -2.47.